The van der Waals surface area contributed by atoms with Crippen molar-refractivity contribution in [1.29, 1.82) is 0 Å². The smallest absolute Gasteiger partial charge is 0.317 e. The van der Waals surface area contributed by atoms with Gasteiger partial charge in [0, 0.05) is 26.7 Å². The lowest BCUT2D eigenvalue weighted by atomic mass is 9.90. The molecule has 0 aromatic heterocycles. The van der Waals surface area contributed by atoms with Gasteiger partial charge < -0.3 is 20.1 Å². The van der Waals surface area contributed by atoms with E-state index in [2.05, 4.69) is 5.32 Å². The van der Waals surface area contributed by atoms with Gasteiger partial charge in [0.25, 0.3) is 0 Å². The molecule has 1 aliphatic rings. The van der Waals surface area contributed by atoms with Crippen molar-refractivity contribution in [2.24, 2.45) is 11.3 Å². The predicted molar refractivity (Wildman–Crippen MR) is 71.0 cm³/mol. The summed E-state index contributed by atoms with van der Waals surface area (Å²) in [6.07, 6.45) is 0.464. The number of carbonyl (C=O) groups excluding carboxylic acids is 1. The molecule has 110 valence electrons. The Morgan fingerprint density at radius 1 is 1.47 bits per heavy atom. The summed E-state index contributed by atoms with van der Waals surface area (Å²) in [7, 11) is 1.62. The minimum atomic E-state index is -0.847. The second kappa shape index (κ2) is 6.23. The highest BCUT2D eigenvalue weighted by molar-refractivity contribution is 5.79. The summed E-state index contributed by atoms with van der Waals surface area (Å²) in [4.78, 5) is 24.6. The van der Waals surface area contributed by atoms with Crippen LogP contribution in [0.15, 0.2) is 0 Å². The van der Waals surface area contributed by atoms with E-state index in [0.717, 1.165) is 0 Å². The van der Waals surface area contributed by atoms with Gasteiger partial charge in [-0.15, -0.1) is 0 Å². The summed E-state index contributed by atoms with van der Waals surface area (Å²) in [6.45, 7) is 6.90. The van der Waals surface area contributed by atoms with Crippen molar-refractivity contribution in [1.82, 2.24) is 10.2 Å². The molecule has 6 nitrogen and oxygen atoms in total. The van der Waals surface area contributed by atoms with Gasteiger partial charge in [-0.1, -0.05) is 13.8 Å². The number of hydrogen-bond donors (Lipinski definition) is 2. The quantitative estimate of drug-likeness (QED) is 0.787. The number of hydrogen-bond acceptors (Lipinski definition) is 3. The molecule has 1 rings (SSSR count). The second-order valence-corrected chi connectivity index (χ2v) is 5.74. The van der Waals surface area contributed by atoms with E-state index in [9.17, 15) is 9.59 Å². The Hall–Kier alpha value is -1.30. The van der Waals surface area contributed by atoms with Crippen molar-refractivity contribution in [3.8, 4) is 0 Å². The first kappa shape index (κ1) is 15.8. The van der Waals surface area contributed by atoms with E-state index < -0.39 is 11.4 Å². The highest BCUT2D eigenvalue weighted by atomic mass is 16.5. The first-order valence-corrected chi connectivity index (χ1v) is 6.59. The number of carboxylic acids is 1. The standard InChI is InChI=1S/C13H24N2O4/c1-9(2)10(19-4)7-14-12(18)15-6-5-13(3,8-15)11(16)17/h9-10H,5-8H2,1-4H3,(H,14,18)(H,16,17). The third kappa shape index (κ3) is 3.83. The largest absolute Gasteiger partial charge is 0.481 e. The molecule has 1 aliphatic heterocycles. The van der Waals surface area contributed by atoms with Gasteiger partial charge >= 0.3 is 12.0 Å². The van der Waals surface area contributed by atoms with E-state index in [1.807, 2.05) is 13.8 Å². The molecule has 2 N–H and O–H groups in total. The van der Waals surface area contributed by atoms with Gasteiger partial charge in [0.2, 0.25) is 0 Å². The number of amides is 2. The Bertz CT molecular complexity index is 346. The molecule has 19 heavy (non-hydrogen) atoms. The number of likely N-dealkylation sites (tertiary alicyclic amines) is 1. The van der Waals surface area contributed by atoms with Crippen molar-refractivity contribution in [3.05, 3.63) is 0 Å². The Balaban J connectivity index is 2.46. The number of carbonyl (C=O) groups is 2. The van der Waals surface area contributed by atoms with Gasteiger partial charge in [0.15, 0.2) is 0 Å². The molecule has 0 aromatic rings. The van der Waals surface area contributed by atoms with Crippen LogP contribution in [-0.2, 0) is 9.53 Å². The van der Waals surface area contributed by atoms with Gasteiger partial charge in [-0.05, 0) is 19.3 Å². The maximum Gasteiger partial charge on any atom is 0.317 e. The molecule has 2 atom stereocenters. The Morgan fingerprint density at radius 2 is 2.11 bits per heavy atom. The van der Waals surface area contributed by atoms with E-state index in [1.54, 1.807) is 18.9 Å². The van der Waals surface area contributed by atoms with Crippen molar-refractivity contribution in [2.45, 2.75) is 33.3 Å². The number of methoxy groups -OCH3 is 1. The zero-order chi connectivity index (χ0) is 14.6. The number of nitrogens with one attached hydrogen (secondary N) is 1. The normalized spacial score (nSPS) is 24.6. The first-order valence-electron chi connectivity index (χ1n) is 6.59. The molecular formula is C13H24N2O4. The van der Waals surface area contributed by atoms with Crippen LogP contribution < -0.4 is 5.32 Å². The minimum absolute atomic E-state index is 0.0302. The van der Waals surface area contributed by atoms with Gasteiger partial charge in [0.1, 0.15) is 0 Å². The van der Waals surface area contributed by atoms with Crippen molar-refractivity contribution in [3.63, 3.8) is 0 Å². The summed E-state index contributed by atoms with van der Waals surface area (Å²) in [5, 5.41) is 11.9. The van der Waals surface area contributed by atoms with Gasteiger partial charge in [0.05, 0.1) is 11.5 Å². The van der Waals surface area contributed by atoms with E-state index in [0.29, 0.717) is 25.4 Å². The zero-order valence-electron chi connectivity index (χ0n) is 12.1. The van der Waals surface area contributed by atoms with Crippen LogP contribution in [0.5, 0.6) is 0 Å². The van der Waals surface area contributed by atoms with Gasteiger partial charge in [-0.3, -0.25) is 4.79 Å². The first-order chi connectivity index (χ1) is 8.80. The minimum Gasteiger partial charge on any atom is -0.481 e. The van der Waals surface area contributed by atoms with E-state index >= 15 is 0 Å². The maximum atomic E-state index is 12.0. The molecule has 0 saturated carbocycles. The van der Waals surface area contributed by atoms with Crippen LogP contribution >= 0.6 is 0 Å². The third-order valence-corrected chi connectivity index (χ3v) is 3.78. The third-order valence-electron chi connectivity index (χ3n) is 3.78. The Labute approximate surface area is 114 Å². The molecule has 1 heterocycles. The lowest BCUT2D eigenvalue weighted by Crippen LogP contribution is -2.44. The van der Waals surface area contributed by atoms with Crippen LogP contribution in [0.2, 0.25) is 0 Å². The average molecular weight is 272 g/mol. The van der Waals surface area contributed by atoms with Crippen molar-refractivity contribution < 1.29 is 19.4 Å². The van der Waals surface area contributed by atoms with E-state index in [4.69, 9.17) is 9.84 Å². The summed E-state index contributed by atoms with van der Waals surface area (Å²) < 4.78 is 5.28. The molecule has 0 aromatic carbocycles. The number of nitrogens with zero attached hydrogens (tertiary/aromatic N) is 1. The lowest BCUT2D eigenvalue weighted by Gasteiger charge is -2.23. The molecule has 2 unspecified atom stereocenters. The fourth-order valence-electron chi connectivity index (χ4n) is 2.20. The van der Waals surface area contributed by atoms with Crippen LogP contribution in [0.4, 0.5) is 4.79 Å². The van der Waals surface area contributed by atoms with Crippen LogP contribution in [0, 0.1) is 11.3 Å². The highest BCUT2D eigenvalue weighted by Crippen LogP contribution is 2.29. The topological polar surface area (TPSA) is 78.9 Å². The average Bonchev–Trinajstić information content (AvgIpc) is 2.73. The molecule has 6 heteroatoms. The molecular weight excluding hydrogens is 248 g/mol. The zero-order valence-corrected chi connectivity index (χ0v) is 12.1. The SMILES string of the molecule is COC(CNC(=O)N1CCC(C)(C(=O)O)C1)C(C)C. The van der Waals surface area contributed by atoms with Gasteiger partial charge in [-0.25, -0.2) is 4.79 Å². The second-order valence-electron chi connectivity index (χ2n) is 5.74. The molecule has 0 spiro atoms. The number of urea groups is 1. The number of ether oxygens (including phenoxy) is 1. The van der Waals surface area contributed by atoms with E-state index in [-0.39, 0.29) is 18.7 Å². The maximum absolute atomic E-state index is 12.0. The van der Waals surface area contributed by atoms with E-state index in [1.165, 1.54) is 0 Å². The Morgan fingerprint density at radius 3 is 2.53 bits per heavy atom. The predicted octanol–water partition coefficient (Wildman–Crippen LogP) is 1.16. The Kier molecular flexibility index (Phi) is 5.17. The van der Waals surface area contributed by atoms with Crippen LogP contribution in [-0.4, -0.2) is 54.9 Å². The van der Waals surface area contributed by atoms with Crippen LogP contribution in [0.3, 0.4) is 0 Å². The molecule has 0 radical (unpaired) electrons. The van der Waals surface area contributed by atoms with Crippen LogP contribution in [0.25, 0.3) is 0 Å². The summed E-state index contributed by atoms with van der Waals surface area (Å²) in [5.41, 5.74) is -0.823. The van der Waals surface area contributed by atoms with Crippen LogP contribution in [0.1, 0.15) is 27.2 Å². The fraction of sp³-hybridized carbons (Fsp3) is 0.846. The number of carboxylic acid groups (broad SMARTS) is 1. The molecule has 0 bridgehead atoms. The molecule has 1 fully saturated rings. The summed E-state index contributed by atoms with van der Waals surface area (Å²) >= 11 is 0. The van der Waals surface area contributed by atoms with Crippen molar-refractivity contribution in [2.75, 3.05) is 26.7 Å². The molecule has 2 amide bonds. The van der Waals surface area contributed by atoms with Gasteiger partial charge in [-0.2, -0.15) is 0 Å². The summed E-state index contributed by atoms with van der Waals surface area (Å²) in [6, 6.07) is -0.215. The highest BCUT2D eigenvalue weighted by Gasteiger charge is 2.42. The summed E-state index contributed by atoms with van der Waals surface area (Å²) in [5.74, 6) is -0.534. The number of aliphatic carboxylic acids is 1. The molecule has 0 aliphatic carbocycles. The molecule has 1 saturated heterocycles. The fourth-order valence-corrected chi connectivity index (χ4v) is 2.20. The number of rotatable bonds is 5. The monoisotopic (exact) mass is 272 g/mol. The van der Waals surface area contributed by atoms with Crippen molar-refractivity contribution >= 4 is 12.0 Å². The lowest BCUT2D eigenvalue weighted by molar-refractivity contribution is -0.147.